The molecule has 0 spiro atoms. The molecule has 0 amide bonds. The van der Waals surface area contributed by atoms with E-state index >= 15 is 0 Å². The average molecular weight is 501 g/mol. The van der Waals surface area contributed by atoms with Gasteiger partial charge in [0.15, 0.2) is 0 Å². The summed E-state index contributed by atoms with van der Waals surface area (Å²) in [5, 5.41) is 11.3. The molecule has 3 rings (SSSR count). The lowest BCUT2D eigenvalue weighted by Gasteiger charge is -2.51. The van der Waals surface area contributed by atoms with E-state index in [-0.39, 0.29) is 34.3 Å². The molecule has 188 valence electrons. The summed E-state index contributed by atoms with van der Waals surface area (Å²) < 4.78 is 27.8. The number of nitrogens with one attached hydrogen (secondary N) is 1. The summed E-state index contributed by atoms with van der Waals surface area (Å²) in [6, 6.07) is 0. The highest BCUT2D eigenvalue weighted by molar-refractivity contribution is 6.83. The van der Waals surface area contributed by atoms with E-state index in [0.717, 1.165) is 4.57 Å². The fraction of sp³-hybridized carbons (Fsp3) is 0.818. The van der Waals surface area contributed by atoms with E-state index in [1.165, 1.54) is 13.2 Å². The van der Waals surface area contributed by atoms with Crippen LogP contribution in [0.2, 0.25) is 22.2 Å². The normalized spacial score (nSPS) is 29.5. The number of H-pyrrole nitrogens is 1. The van der Waals surface area contributed by atoms with Crippen LogP contribution in [0.5, 0.6) is 0 Å². The summed E-state index contributed by atoms with van der Waals surface area (Å²) in [5.41, 5.74) is -0.234. The van der Waals surface area contributed by atoms with Crippen molar-refractivity contribution in [1.82, 2.24) is 9.55 Å². The van der Waals surface area contributed by atoms with Crippen LogP contribution >= 0.6 is 0 Å². The molecular formula is C22H40N2O7Si2. The van der Waals surface area contributed by atoms with Gasteiger partial charge in [-0.15, -0.1) is 0 Å². The van der Waals surface area contributed by atoms with Crippen LogP contribution in [-0.2, 0) is 24.8 Å². The van der Waals surface area contributed by atoms with Crippen molar-refractivity contribution in [1.29, 1.82) is 0 Å². The molecule has 33 heavy (non-hydrogen) atoms. The zero-order valence-corrected chi connectivity index (χ0v) is 23.2. The lowest BCUT2D eigenvalue weighted by Crippen LogP contribution is -2.65. The predicted octanol–water partition coefficient (Wildman–Crippen LogP) is 2.83. The molecule has 4 atom stereocenters. The van der Waals surface area contributed by atoms with Gasteiger partial charge in [0, 0.05) is 13.2 Å². The molecule has 0 unspecified atom stereocenters. The fourth-order valence-electron chi connectivity index (χ4n) is 5.20. The predicted molar refractivity (Wildman–Crippen MR) is 130 cm³/mol. The van der Waals surface area contributed by atoms with Crippen molar-refractivity contribution in [3.63, 3.8) is 0 Å². The maximum atomic E-state index is 12.8. The van der Waals surface area contributed by atoms with Crippen LogP contribution < -0.4 is 11.2 Å². The number of hydrogen-bond donors (Lipinski definition) is 2. The molecule has 2 aliphatic rings. The molecule has 2 aliphatic heterocycles. The maximum absolute atomic E-state index is 12.8. The van der Waals surface area contributed by atoms with E-state index in [2.05, 4.69) is 60.4 Å². The first-order valence-corrected chi connectivity index (χ1v) is 15.9. The van der Waals surface area contributed by atoms with Crippen LogP contribution in [0.4, 0.5) is 0 Å². The molecule has 1 aromatic rings. The van der Waals surface area contributed by atoms with Crippen LogP contribution in [0.25, 0.3) is 0 Å². The Morgan fingerprint density at radius 1 is 1.00 bits per heavy atom. The monoisotopic (exact) mass is 500 g/mol. The van der Waals surface area contributed by atoms with Crippen LogP contribution in [0.1, 0.15) is 67.1 Å². The summed E-state index contributed by atoms with van der Waals surface area (Å²) in [6.45, 7) is 17.2. The third-order valence-electron chi connectivity index (χ3n) is 7.18. The molecule has 2 fully saturated rings. The molecule has 9 nitrogen and oxygen atoms in total. The zero-order chi connectivity index (χ0) is 24.9. The highest BCUT2D eigenvalue weighted by atomic mass is 28.5. The Morgan fingerprint density at radius 3 is 2.06 bits per heavy atom. The van der Waals surface area contributed by atoms with E-state index in [0.29, 0.717) is 0 Å². The van der Waals surface area contributed by atoms with E-state index in [1.807, 2.05) is 0 Å². The van der Waals surface area contributed by atoms with Crippen molar-refractivity contribution < 1.29 is 22.8 Å². The summed E-state index contributed by atoms with van der Waals surface area (Å²) in [7, 11) is -4.25. The van der Waals surface area contributed by atoms with E-state index in [4.69, 9.17) is 17.7 Å². The second-order valence-electron chi connectivity index (χ2n) is 10.6. The first kappa shape index (κ1) is 26.5. The summed E-state index contributed by atoms with van der Waals surface area (Å²) in [4.78, 5) is 27.1. The topological polar surface area (TPSA) is 112 Å². The van der Waals surface area contributed by atoms with Gasteiger partial charge < -0.3 is 27.8 Å². The molecule has 2 N–H and O–H groups in total. The third-order valence-corrected chi connectivity index (χ3v) is 17.4. The van der Waals surface area contributed by atoms with Crippen molar-refractivity contribution in [3.8, 4) is 0 Å². The summed E-state index contributed by atoms with van der Waals surface area (Å²) in [6.07, 6.45) is -1.96. The van der Waals surface area contributed by atoms with Crippen molar-refractivity contribution in [2.24, 2.45) is 7.05 Å². The summed E-state index contributed by atoms with van der Waals surface area (Å²) in [5.74, 6) is 0. The van der Waals surface area contributed by atoms with E-state index in [9.17, 15) is 14.7 Å². The van der Waals surface area contributed by atoms with Gasteiger partial charge in [-0.05, 0) is 22.2 Å². The number of aliphatic hydroxyl groups excluding tert-OH is 1. The van der Waals surface area contributed by atoms with Crippen LogP contribution in [-0.4, -0.2) is 56.7 Å². The number of hydrogen-bond acceptors (Lipinski definition) is 7. The van der Waals surface area contributed by atoms with Crippen molar-refractivity contribution in [2.45, 2.75) is 102 Å². The minimum atomic E-state index is -2.92. The minimum absolute atomic E-state index is 0.108. The highest BCUT2D eigenvalue weighted by Gasteiger charge is 2.61. The second kappa shape index (κ2) is 9.52. The van der Waals surface area contributed by atoms with Gasteiger partial charge in [0.2, 0.25) is 0 Å². The molecule has 1 aromatic heterocycles. The number of aromatic amines is 1. The number of ether oxygens (including phenoxy) is 1. The first-order valence-electron chi connectivity index (χ1n) is 11.9. The van der Waals surface area contributed by atoms with E-state index < -0.39 is 52.8 Å². The standard InChI is InChI=1S/C22H40N2O7Si2/c1-12(2)32(13(3)4)28-11-17-20(30-33(31-32,14(5)6)15(7)8)18(25)19(29-17)16-10-23-22(27)24(9)21(16)26/h10,12-15,17-20,25H,11H2,1-9H3,(H,23,27)/t17-,18+,19+,20-/m1/s1. The van der Waals surface area contributed by atoms with Gasteiger partial charge in [-0.25, -0.2) is 4.79 Å². The van der Waals surface area contributed by atoms with Gasteiger partial charge in [-0.1, -0.05) is 55.4 Å². The van der Waals surface area contributed by atoms with Crippen LogP contribution in [0.3, 0.4) is 0 Å². The molecular weight excluding hydrogens is 460 g/mol. The molecule has 0 aromatic carbocycles. The first-order chi connectivity index (χ1) is 15.3. The highest BCUT2D eigenvalue weighted by Crippen LogP contribution is 2.48. The third kappa shape index (κ3) is 4.37. The lowest BCUT2D eigenvalue weighted by molar-refractivity contribution is -0.0394. The largest absolute Gasteiger partial charge is 0.414 e. The smallest absolute Gasteiger partial charge is 0.335 e. The maximum Gasteiger partial charge on any atom is 0.335 e. The van der Waals surface area contributed by atoms with Crippen molar-refractivity contribution in [3.05, 3.63) is 32.6 Å². The number of fused-ring (bicyclic) bond motifs is 1. The Kier molecular flexibility index (Phi) is 7.65. The van der Waals surface area contributed by atoms with Crippen molar-refractivity contribution in [2.75, 3.05) is 6.61 Å². The average Bonchev–Trinajstić information content (AvgIpc) is 3.00. The Morgan fingerprint density at radius 2 is 1.55 bits per heavy atom. The van der Waals surface area contributed by atoms with Crippen molar-refractivity contribution >= 4 is 17.1 Å². The van der Waals surface area contributed by atoms with Gasteiger partial charge in [-0.2, -0.15) is 0 Å². The number of aliphatic hydroxyl groups is 1. The molecule has 0 aliphatic carbocycles. The van der Waals surface area contributed by atoms with Gasteiger partial charge >= 0.3 is 22.8 Å². The van der Waals surface area contributed by atoms with Gasteiger partial charge in [0.1, 0.15) is 24.4 Å². The Balaban J connectivity index is 2.10. The molecule has 2 saturated heterocycles. The Bertz CT molecular complexity index is 943. The number of nitrogens with zero attached hydrogens (tertiary/aromatic N) is 1. The number of aromatic nitrogens is 2. The van der Waals surface area contributed by atoms with Gasteiger partial charge in [-0.3, -0.25) is 9.36 Å². The molecule has 3 heterocycles. The Labute approximate surface area is 197 Å². The van der Waals surface area contributed by atoms with Gasteiger partial charge in [0.25, 0.3) is 5.56 Å². The van der Waals surface area contributed by atoms with E-state index in [1.54, 1.807) is 0 Å². The summed E-state index contributed by atoms with van der Waals surface area (Å²) >= 11 is 0. The number of rotatable bonds is 5. The Hall–Kier alpha value is -1.09. The van der Waals surface area contributed by atoms with Crippen LogP contribution in [0.15, 0.2) is 15.8 Å². The molecule has 0 radical (unpaired) electrons. The van der Waals surface area contributed by atoms with Crippen LogP contribution in [0, 0.1) is 0 Å². The zero-order valence-electron chi connectivity index (χ0n) is 21.2. The minimum Gasteiger partial charge on any atom is -0.414 e. The van der Waals surface area contributed by atoms with Gasteiger partial charge in [0.05, 0.1) is 12.2 Å². The lowest BCUT2D eigenvalue weighted by atomic mass is 10.0. The molecule has 0 bridgehead atoms. The molecule has 0 saturated carbocycles. The second-order valence-corrected chi connectivity index (χ2v) is 19.4. The quantitative estimate of drug-likeness (QED) is 0.598. The SMILES string of the molecule is CC(C)[Si]1(C(C)C)OC[C@H]2O[C@@H](c3c[nH]c(=O)n(C)c3=O)[C@H](O)[C@@H]2O[Si](C(C)C)(C(C)C)O1. The fourth-order valence-corrected chi connectivity index (χ4v) is 16.4. The molecule has 11 heteroatoms.